The normalized spacial score (nSPS) is 10.3. The van der Waals surface area contributed by atoms with E-state index in [2.05, 4.69) is 10.3 Å². The Bertz CT molecular complexity index is 602. The van der Waals surface area contributed by atoms with Gasteiger partial charge in [0.1, 0.15) is 5.82 Å². The van der Waals surface area contributed by atoms with Crippen molar-refractivity contribution < 1.29 is 9.13 Å². The van der Waals surface area contributed by atoms with Crippen LogP contribution in [0.4, 0.5) is 15.9 Å². The number of nitrogens with zero attached hydrogens (tertiary/aromatic N) is 1. The van der Waals surface area contributed by atoms with Crippen molar-refractivity contribution in [2.75, 3.05) is 24.7 Å². The van der Waals surface area contributed by atoms with Gasteiger partial charge in [0.25, 0.3) is 0 Å². The molecule has 2 rings (SSSR count). The highest BCUT2D eigenvalue weighted by molar-refractivity contribution is 5.61. The Hall–Kier alpha value is -2.30. The summed E-state index contributed by atoms with van der Waals surface area (Å²) in [7, 11) is 1.56. The van der Waals surface area contributed by atoms with Crippen molar-refractivity contribution in [2.45, 2.75) is 13.3 Å². The van der Waals surface area contributed by atoms with Crippen molar-refractivity contribution in [3.63, 3.8) is 0 Å². The molecule has 0 aliphatic rings. The van der Waals surface area contributed by atoms with Crippen molar-refractivity contribution in [3.05, 3.63) is 47.3 Å². The van der Waals surface area contributed by atoms with E-state index in [1.165, 1.54) is 12.1 Å². The second-order valence-corrected chi connectivity index (χ2v) is 4.54. The first kappa shape index (κ1) is 14.1. The molecule has 0 atom stereocenters. The van der Waals surface area contributed by atoms with Crippen LogP contribution in [-0.2, 0) is 6.42 Å². The van der Waals surface area contributed by atoms with Gasteiger partial charge in [0.05, 0.1) is 12.8 Å². The van der Waals surface area contributed by atoms with Crippen LogP contribution in [-0.4, -0.2) is 18.6 Å². The zero-order chi connectivity index (χ0) is 14.5. The van der Waals surface area contributed by atoms with Gasteiger partial charge in [0, 0.05) is 12.6 Å². The summed E-state index contributed by atoms with van der Waals surface area (Å²) in [4.78, 5) is 4.24. The molecule has 0 bridgehead atoms. The Kier molecular flexibility index (Phi) is 4.40. The summed E-state index contributed by atoms with van der Waals surface area (Å²) in [6.07, 6.45) is 0.768. The first-order valence-electron chi connectivity index (χ1n) is 6.39. The molecular weight excluding hydrogens is 257 g/mol. The van der Waals surface area contributed by atoms with E-state index in [0.717, 1.165) is 17.5 Å². The van der Waals surface area contributed by atoms with Crippen LogP contribution in [0.5, 0.6) is 5.88 Å². The number of aromatic nitrogens is 1. The predicted octanol–water partition coefficient (Wildman–Crippen LogP) is 2.77. The third-order valence-electron chi connectivity index (χ3n) is 3.10. The molecule has 0 aliphatic carbocycles. The number of aryl methyl sites for hydroxylation is 1. The molecule has 1 aromatic carbocycles. The topological polar surface area (TPSA) is 60.2 Å². The van der Waals surface area contributed by atoms with Crippen molar-refractivity contribution >= 4 is 11.5 Å². The number of methoxy groups -OCH3 is 1. The van der Waals surface area contributed by atoms with Gasteiger partial charge in [-0.2, -0.15) is 4.98 Å². The molecule has 0 unspecified atom stereocenters. The van der Waals surface area contributed by atoms with Gasteiger partial charge in [-0.05, 0) is 42.7 Å². The quantitative estimate of drug-likeness (QED) is 0.881. The Morgan fingerprint density at radius 3 is 2.80 bits per heavy atom. The van der Waals surface area contributed by atoms with Crippen LogP contribution in [0.1, 0.15) is 11.1 Å². The van der Waals surface area contributed by atoms with E-state index in [4.69, 9.17) is 10.5 Å². The number of ether oxygens (including phenoxy) is 1. The molecule has 0 radical (unpaired) electrons. The largest absolute Gasteiger partial charge is 0.481 e. The monoisotopic (exact) mass is 275 g/mol. The summed E-state index contributed by atoms with van der Waals surface area (Å²) in [6.45, 7) is 2.56. The number of nitrogen functional groups attached to an aromatic ring is 1. The third-order valence-corrected chi connectivity index (χ3v) is 3.10. The standard InChI is InChI=1S/C15H18FN3O/c1-10-9-12(16)4-3-11(10)7-8-18-15-13(17)5-6-14(19-15)20-2/h3-6,9H,7-8,17H2,1-2H3,(H,18,19). The summed E-state index contributed by atoms with van der Waals surface area (Å²) in [5.74, 6) is 0.904. The molecule has 106 valence electrons. The molecule has 1 heterocycles. The zero-order valence-electron chi connectivity index (χ0n) is 11.6. The predicted molar refractivity (Wildman–Crippen MR) is 78.5 cm³/mol. The minimum Gasteiger partial charge on any atom is -0.481 e. The number of pyridine rings is 1. The second kappa shape index (κ2) is 6.23. The van der Waals surface area contributed by atoms with Gasteiger partial charge in [-0.1, -0.05) is 6.07 Å². The fourth-order valence-electron chi connectivity index (χ4n) is 1.96. The fraction of sp³-hybridized carbons (Fsp3) is 0.267. The van der Waals surface area contributed by atoms with Crippen molar-refractivity contribution in [3.8, 4) is 5.88 Å². The number of nitrogens with one attached hydrogen (secondary N) is 1. The lowest BCUT2D eigenvalue weighted by molar-refractivity contribution is 0.398. The van der Waals surface area contributed by atoms with Crippen molar-refractivity contribution in [2.24, 2.45) is 0 Å². The molecule has 0 saturated heterocycles. The van der Waals surface area contributed by atoms with E-state index < -0.39 is 0 Å². The molecule has 4 nitrogen and oxygen atoms in total. The maximum absolute atomic E-state index is 13.0. The number of hydrogen-bond acceptors (Lipinski definition) is 4. The van der Waals surface area contributed by atoms with Crippen LogP contribution in [0.25, 0.3) is 0 Å². The average molecular weight is 275 g/mol. The Morgan fingerprint density at radius 2 is 2.10 bits per heavy atom. The number of halogens is 1. The van der Waals surface area contributed by atoms with E-state index in [1.54, 1.807) is 25.3 Å². The smallest absolute Gasteiger partial charge is 0.215 e. The van der Waals surface area contributed by atoms with Crippen LogP contribution < -0.4 is 15.8 Å². The number of rotatable bonds is 5. The minimum atomic E-state index is -0.210. The first-order chi connectivity index (χ1) is 9.60. The lowest BCUT2D eigenvalue weighted by Gasteiger charge is -2.11. The Balaban J connectivity index is 1.99. The van der Waals surface area contributed by atoms with E-state index in [-0.39, 0.29) is 5.82 Å². The summed E-state index contributed by atoms with van der Waals surface area (Å²) in [6, 6.07) is 8.27. The van der Waals surface area contributed by atoms with Gasteiger partial charge in [-0.3, -0.25) is 0 Å². The van der Waals surface area contributed by atoms with Crippen LogP contribution in [0.3, 0.4) is 0 Å². The molecular formula is C15H18FN3O. The van der Waals surface area contributed by atoms with Gasteiger partial charge in [0.2, 0.25) is 5.88 Å². The van der Waals surface area contributed by atoms with Gasteiger partial charge < -0.3 is 15.8 Å². The summed E-state index contributed by atoms with van der Waals surface area (Å²) >= 11 is 0. The average Bonchev–Trinajstić information content (AvgIpc) is 2.43. The molecule has 3 N–H and O–H groups in total. The van der Waals surface area contributed by atoms with E-state index in [9.17, 15) is 4.39 Å². The number of nitrogens with two attached hydrogens (primary N) is 1. The maximum Gasteiger partial charge on any atom is 0.215 e. The van der Waals surface area contributed by atoms with Crippen LogP contribution >= 0.6 is 0 Å². The lowest BCUT2D eigenvalue weighted by atomic mass is 10.1. The first-order valence-corrected chi connectivity index (χ1v) is 6.39. The molecule has 0 amide bonds. The van der Waals surface area contributed by atoms with Crippen LogP contribution in [0, 0.1) is 12.7 Å². The second-order valence-electron chi connectivity index (χ2n) is 4.54. The highest BCUT2D eigenvalue weighted by Crippen LogP contribution is 2.19. The van der Waals surface area contributed by atoms with Gasteiger partial charge >= 0.3 is 0 Å². The lowest BCUT2D eigenvalue weighted by Crippen LogP contribution is -2.09. The van der Waals surface area contributed by atoms with Crippen LogP contribution in [0.15, 0.2) is 30.3 Å². The van der Waals surface area contributed by atoms with Gasteiger partial charge in [0.15, 0.2) is 5.82 Å². The maximum atomic E-state index is 13.0. The van der Waals surface area contributed by atoms with E-state index in [1.807, 2.05) is 6.92 Å². The molecule has 1 aromatic heterocycles. The highest BCUT2D eigenvalue weighted by Gasteiger charge is 2.04. The SMILES string of the molecule is COc1ccc(N)c(NCCc2ccc(F)cc2C)n1. The summed E-state index contributed by atoms with van der Waals surface area (Å²) in [5.41, 5.74) is 8.45. The Labute approximate surface area is 117 Å². The van der Waals surface area contributed by atoms with Crippen molar-refractivity contribution in [1.82, 2.24) is 4.98 Å². The van der Waals surface area contributed by atoms with Crippen LogP contribution in [0.2, 0.25) is 0 Å². The molecule has 0 fully saturated rings. The van der Waals surface area contributed by atoms with Crippen molar-refractivity contribution in [1.29, 1.82) is 0 Å². The number of benzene rings is 1. The third kappa shape index (κ3) is 3.38. The van der Waals surface area contributed by atoms with Gasteiger partial charge in [-0.25, -0.2) is 4.39 Å². The number of anilines is 2. The summed E-state index contributed by atoms with van der Waals surface area (Å²) in [5, 5.41) is 3.17. The highest BCUT2D eigenvalue weighted by atomic mass is 19.1. The zero-order valence-corrected chi connectivity index (χ0v) is 11.6. The summed E-state index contributed by atoms with van der Waals surface area (Å²) < 4.78 is 18.1. The molecule has 0 aliphatic heterocycles. The Morgan fingerprint density at radius 1 is 1.30 bits per heavy atom. The molecule has 0 saturated carbocycles. The van der Waals surface area contributed by atoms with E-state index >= 15 is 0 Å². The van der Waals surface area contributed by atoms with E-state index in [0.29, 0.717) is 23.9 Å². The fourth-order valence-corrected chi connectivity index (χ4v) is 1.96. The molecule has 0 spiro atoms. The minimum absolute atomic E-state index is 0.210. The molecule has 2 aromatic rings. The number of hydrogen-bond donors (Lipinski definition) is 2. The molecule has 20 heavy (non-hydrogen) atoms. The van der Waals surface area contributed by atoms with Gasteiger partial charge in [-0.15, -0.1) is 0 Å². The molecule has 5 heteroatoms.